The molecule has 0 aliphatic carbocycles. The molecule has 1 rings (SSSR count). The second kappa shape index (κ2) is 11.7. The second-order valence-corrected chi connectivity index (χ2v) is 10.6. The van der Waals surface area contributed by atoms with Crippen molar-refractivity contribution >= 4 is 11.9 Å². The first-order valence-corrected chi connectivity index (χ1v) is 11.8. The maximum absolute atomic E-state index is 11.3. The van der Waals surface area contributed by atoms with Crippen LogP contribution >= 0.6 is 0 Å². The lowest BCUT2D eigenvalue weighted by Gasteiger charge is -2.20. The Morgan fingerprint density at radius 3 is 1.68 bits per heavy atom. The number of aliphatic carboxylic acids is 2. The molecule has 2 N–H and O–H groups in total. The third kappa shape index (κ3) is 8.31. The van der Waals surface area contributed by atoms with Crippen molar-refractivity contribution in [2.75, 3.05) is 0 Å². The van der Waals surface area contributed by atoms with Gasteiger partial charge in [-0.2, -0.15) is 0 Å². The molecule has 0 unspecified atom stereocenters. The molecule has 0 saturated heterocycles. The van der Waals surface area contributed by atoms with Gasteiger partial charge in [-0.3, -0.25) is 9.59 Å². The summed E-state index contributed by atoms with van der Waals surface area (Å²) in [5.41, 5.74) is 5.69. The van der Waals surface area contributed by atoms with Crippen molar-refractivity contribution in [2.45, 2.75) is 113 Å². The zero-order valence-corrected chi connectivity index (χ0v) is 20.9. The molecule has 0 aromatic heterocycles. The van der Waals surface area contributed by atoms with Crippen LogP contribution < -0.4 is 0 Å². The predicted molar refractivity (Wildman–Crippen MR) is 128 cm³/mol. The van der Waals surface area contributed by atoms with Crippen LogP contribution in [0, 0.1) is 31.6 Å². The smallest absolute Gasteiger partial charge is 0.309 e. The van der Waals surface area contributed by atoms with Crippen molar-refractivity contribution in [1.29, 1.82) is 0 Å². The molecule has 0 amide bonds. The first kappa shape index (κ1) is 27.2. The van der Waals surface area contributed by atoms with E-state index in [1.165, 1.54) is 27.8 Å². The monoisotopic (exact) mass is 432 g/mol. The van der Waals surface area contributed by atoms with E-state index in [1.807, 2.05) is 0 Å². The van der Waals surface area contributed by atoms with Gasteiger partial charge >= 0.3 is 11.9 Å². The topological polar surface area (TPSA) is 74.6 Å². The van der Waals surface area contributed by atoms with Gasteiger partial charge in [0.25, 0.3) is 0 Å². The van der Waals surface area contributed by atoms with Gasteiger partial charge in [-0.25, -0.2) is 0 Å². The fourth-order valence-electron chi connectivity index (χ4n) is 4.14. The van der Waals surface area contributed by atoms with E-state index in [1.54, 1.807) is 27.7 Å². The fourth-order valence-corrected chi connectivity index (χ4v) is 4.14. The highest BCUT2D eigenvalue weighted by molar-refractivity contribution is 5.73. The molecule has 1 aromatic rings. The number of unbranched alkanes of at least 4 members (excludes halogenated alkanes) is 4. The molecule has 176 valence electrons. The summed E-state index contributed by atoms with van der Waals surface area (Å²) in [6.45, 7) is 13.8. The standard InChI is InChI=1S/C27H44O4/c1-19-18-22(14-10-8-9-12-16-26(4,5)24(28)29)21(3)23(20(19)2)15-11-13-17-27(6,7)25(30)31/h18H,8-17H2,1-7H3,(H,28,29)(H,30,31). The van der Waals surface area contributed by atoms with Gasteiger partial charge in [0.1, 0.15) is 0 Å². The Kier molecular flexibility index (Phi) is 10.3. The first-order chi connectivity index (χ1) is 14.3. The summed E-state index contributed by atoms with van der Waals surface area (Å²) in [6, 6.07) is 2.33. The Hall–Kier alpha value is -1.84. The highest BCUT2D eigenvalue weighted by Crippen LogP contribution is 2.28. The lowest BCUT2D eigenvalue weighted by molar-refractivity contribution is -0.148. The van der Waals surface area contributed by atoms with E-state index in [-0.39, 0.29) is 0 Å². The Bertz CT molecular complexity index is 759. The number of rotatable bonds is 14. The number of aryl methyl sites for hydroxylation is 2. The van der Waals surface area contributed by atoms with Crippen LogP contribution in [0.1, 0.15) is 107 Å². The van der Waals surface area contributed by atoms with E-state index in [2.05, 4.69) is 26.8 Å². The summed E-state index contributed by atoms with van der Waals surface area (Å²) in [5, 5.41) is 18.5. The molecule has 0 heterocycles. The van der Waals surface area contributed by atoms with Crippen molar-refractivity contribution in [3.8, 4) is 0 Å². The molecule has 0 saturated carbocycles. The molecular weight excluding hydrogens is 388 g/mol. The largest absolute Gasteiger partial charge is 0.481 e. The molecule has 0 bridgehead atoms. The minimum Gasteiger partial charge on any atom is -0.481 e. The van der Waals surface area contributed by atoms with Gasteiger partial charge in [0.05, 0.1) is 10.8 Å². The molecule has 4 heteroatoms. The molecule has 4 nitrogen and oxygen atoms in total. The molecule has 0 spiro atoms. The summed E-state index contributed by atoms with van der Waals surface area (Å²) in [5.74, 6) is -1.43. The molecule has 31 heavy (non-hydrogen) atoms. The van der Waals surface area contributed by atoms with Gasteiger partial charge in [-0.1, -0.05) is 31.7 Å². The van der Waals surface area contributed by atoms with Crippen LogP contribution in [0.15, 0.2) is 6.07 Å². The van der Waals surface area contributed by atoms with Crippen LogP contribution in [0.25, 0.3) is 0 Å². The van der Waals surface area contributed by atoms with Crippen molar-refractivity contribution in [1.82, 2.24) is 0 Å². The molecule has 0 atom stereocenters. The van der Waals surface area contributed by atoms with Gasteiger partial charge in [-0.15, -0.1) is 0 Å². The first-order valence-electron chi connectivity index (χ1n) is 11.8. The Balaban J connectivity index is 2.59. The number of benzene rings is 1. The molecule has 0 fully saturated rings. The Morgan fingerprint density at radius 1 is 0.710 bits per heavy atom. The van der Waals surface area contributed by atoms with Crippen LogP contribution in [-0.2, 0) is 22.4 Å². The lowest BCUT2D eigenvalue weighted by atomic mass is 9.85. The van der Waals surface area contributed by atoms with Crippen LogP contribution in [0.3, 0.4) is 0 Å². The summed E-state index contributed by atoms with van der Waals surface area (Å²) in [4.78, 5) is 22.5. The van der Waals surface area contributed by atoms with Gasteiger partial charge in [0.2, 0.25) is 0 Å². The number of carboxylic acids is 2. The highest BCUT2D eigenvalue weighted by Gasteiger charge is 2.26. The number of hydrogen-bond donors (Lipinski definition) is 2. The van der Waals surface area contributed by atoms with Crippen molar-refractivity contribution in [3.63, 3.8) is 0 Å². The zero-order valence-electron chi connectivity index (χ0n) is 20.9. The third-order valence-corrected chi connectivity index (χ3v) is 7.00. The van der Waals surface area contributed by atoms with Crippen LogP contribution in [0.2, 0.25) is 0 Å². The van der Waals surface area contributed by atoms with Gasteiger partial charge in [0.15, 0.2) is 0 Å². The van der Waals surface area contributed by atoms with E-state index in [0.29, 0.717) is 6.42 Å². The Labute approximate surface area is 189 Å². The zero-order chi connectivity index (χ0) is 23.8. The summed E-state index contributed by atoms with van der Waals surface area (Å²) < 4.78 is 0. The van der Waals surface area contributed by atoms with E-state index in [4.69, 9.17) is 0 Å². The fraction of sp³-hybridized carbons (Fsp3) is 0.704. The van der Waals surface area contributed by atoms with Crippen LogP contribution in [0.5, 0.6) is 0 Å². The van der Waals surface area contributed by atoms with E-state index >= 15 is 0 Å². The minimum atomic E-state index is -0.718. The predicted octanol–water partition coefficient (Wildman–Crippen LogP) is 7.04. The normalized spacial score (nSPS) is 12.2. The molecule has 1 aromatic carbocycles. The average molecular weight is 433 g/mol. The van der Waals surface area contributed by atoms with Gasteiger partial charge in [0, 0.05) is 0 Å². The average Bonchev–Trinajstić information content (AvgIpc) is 2.67. The molecule has 0 aliphatic rings. The lowest BCUT2D eigenvalue weighted by Crippen LogP contribution is -2.23. The summed E-state index contributed by atoms with van der Waals surface area (Å²) in [7, 11) is 0. The number of carbonyl (C=O) groups is 2. The van der Waals surface area contributed by atoms with Gasteiger partial charge in [-0.05, 0) is 115 Å². The second-order valence-electron chi connectivity index (χ2n) is 10.6. The van der Waals surface area contributed by atoms with Crippen molar-refractivity contribution < 1.29 is 19.8 Å². The SMILES string of the molecule is Cc1cc(CCCCCCC(C)(C)C(=O)O)c(C)c(CCCCC(C)(C)C(=O)O)c1C. The van der Waals surface area contributed by atoms with Crippen molar-refractivity contribution in [3.05, 3.63) is 33.9 Å². The quantitative estimate of drug-likeness (QED) is 0.309. The molecular formula is C27H44O4. The highest BCUT2D eigenvalue weighted by atomic mass is 16.4. The summed E-state index contributed by atoms with van der Waals surface area (Å²) in [6.07, 6.45) is 9.74. The third-order valence-electron chi connectivity index (χ3n) is 7.00. The van der Waals surface area contributed by atoms with Crippen LogP contribution in [0.4, 0.5) is 0 Å². The van der Waals surface area contributed by atoms with Crippen molar-refractivity contribution in [2.24, 2.45) is 10.8 Å². The maximum atomic E-state index is 11.3. The number of carboxylic acid groups (broad SMARTS) is 2. The maximum Gasteiger partial charge on any atom is 0.309 e. The minimum absolute atomic E-state index is 0.626. The Morgan fingerprint density at radius 2 is 1.16 bits per heavy atom. The van der Waals surface area contributed by atoms with E-state index in [0.717, 1.165) is 57.8 Å². The molecule has 0 aliphatic heterocycles. The molecule has 0 radical (unpaired) electrons. The number of hydrogen-bond acceptors (Lipinski definition) is 2. The van der Waals surface area contributed by atoms with E-state index in [9.17, 15) is 19.8 Å². The van der Waals surface area contributed by atoms with Gasteiger partial charge < -0.3 is 10.2 Å². The summed E-state index contributed by atoms with van der Waals surface area (Å²) >= 11 is 0. The van der Waals surface area contributed by atoms with E-state index < -0.39 is 22.8 Å². The van der Waals surface area contributed by atoms with Crippen LogP contribution in [-0.4, -0.2) is 22.2 Å².